The third-order valence-electron chi connectivity index (χ3n) is 12.6. The number of rotatable bonds is 19. The second kappa shape index (κ2) is 33.7. The molecule has 5 aromatic heterocycles. The lowest BCUT2D eigenvalue weighted by Gasteiger charge is -2.20. The van der Waals surface area contributed by atoms with Gasteiger partial charge in [-0.05, 0) is 93.1 Å². The first-order valence-corrected chi connectivity index (χ1v) is 27.7. The maximum absolute atomic E-state index is 12.2. The van der Waals surface area contributed by atoms with Gasteiger partial charge in [-0.25, -0.2) is 19.4 Å². The highest BCUT2D eigenvalue weighted by Gasteiger charge is 2.28. The molecule has 1 unspecified atom stereocenters. The summed E-state index contributed by atoms with van der Waals surface area (Å²) in [5.74, 6) is -0.111. The highest BCUT2D eigenvalue weighted by molar-refractivity contribution is 9.10. The minimum atomic E-state index is -0.476. The number of pyridine rings is 5. The first-order valence-electron chi connectivity index (χ1n) is 26.9. The lowest BCUT2D eigenvalue weighted by Crippen LogP contribution is -2.41. The molecule has 3 N–H and O–H groups in total. The molecular formula is C66H62BrN7O12. The first kappa shape index (κ1) is 63.2. The number of nitrogens with one attached hydrogen (secondary N) is 1. The number of piperidine rings is 1. The van der Waals surface area contributed by atoms with Crippen LogP contribution in [0.3, 0.4) is 0 Å². The summed E-state index contributed by atoms with van der Waals surface area (Å²) in [5.41, 5.74) is 12.6. The molecule has 1 aliphatic heterocycles. The van der Waals surface area contributed by atoms with Crippen LogP contribution >= 0.6 is 15.9 Å². The normalized spacial score (nSPS) is 12.1. The maximum Gasteiger partial charge on any atom is 0.341 e. The Bertz CT molecular complexity index is 3640. The van der Waals surface area contributed by atoms with Crippen LogP contribution in [0.5, 0.6) is 23.5 Å². The highest BCUT2D eigenvalue weighted by atomic mass is 79.9. The summed E-state index contributed by atoms with van der Waals surface area (Å²) in [6, 6.07) is 57.0. The fourth-order valence-electron chi connectivity index (χ4n) is 8.11. The number of ether oxygens (including phenoxy) is 7. The lowest BCUT2D eigenvalue weighted by atomic mass is 9.92. The number of nitrogens with two attached hydrogens (primary N) is 1. The molecule has 2 amide bonds. The van der Waals surface area contributed by atoms with Crippen molar-refractivity contribution in [2.45, 2.75) is 52.1 Å². The average Bonchev–Trinajstić information content (AvgIpc) is 3.01. The number of methoxy groups -OCH3 is 3. The molecule has 0 spiro atoms. The molecule has 0 bridgehead atoms. The van der Waals surface area contributed by atoms with E-state index in [1.165, 1.54) is 27.5 Å². The van der Waals surface area contributed by atoms with Crippen molar-refractivity contribution in [1.82, 2.24) is 30.2 Å². The molecule has 1 atom stereocenters. The molecule has 440 valence electrons. The largest absolute Gasteiger partial charge is 0.473 e. The van der Waals surface area contributed by atoms with E-state index in [0.29, 0.717) is 104 Å². The van der Waals surface area contributed by atoms with Gasteiger partial charge in [-0.3, -0.25) is 24.9 Å². The molecule has 1 saturated heterocycles. The van der Waals surface area contributed by atoms with Crippen molar-refractivity contribution >= 4 is 51.5 Å². The third-order valence-corrected chi connectivity index (χ3v) is 13.2. The molecule has 9 aromatic rings. The summed E-state index contributed by atoms with van der Waals surface area (Å²) >= 11 is 3.46. The summed E-state index contributed by atoms with van der Waals surface area (Å²) in [6.45, 7) is 1.70. The van der Waals surface area contributed by atoms with Crippen LogP contribution in [-0.2, 0) is 63.1 Å². The number of anilines is 1. The number of imide groups is 1. The number of hydrogen-bond donors (Lipinski definition) is 2. The number of esters is 3. The Morgan fingerprint density at radius 1 is 0.500 bits per heavy atom. The molecule has 86 heavy (non-hydrogen) atoms. The Balaban J connectivity index is 0.000000175. The predicted molar refractivity (Wildman–Crippen MR) is 323 cm³/mol. The Morgan fingerprint density at radius 3 is 1.41 bits per heavy atom. The van der Waals surface area contributed by atoms with Gasteiger partial charge in [0.15, 0.2) is 0 Å². The van der Waals surface area contributed by atoms with Crippen molar-refractivity contribution in [3.63, 3.8) is 0 Å². The van der Waals surface area contributed by atoms with Gasteiger partial charge in [0, 0.05) is 61.5 Å². The number of halogens is 1. The number of nitrogen functional groups attached to an aromatic ring is 1. The van der Waals surface area contributed by atoms with Gasteiger partial charge in [-0.1, -0.05) is 121 Å². The summed E-state index contributed by atoms with van der Waals surface area (Å²) < 4.78 is 38.3. The van der Waals surface area contributed by atoms with Gasteiger partial charge < -0.3 is 38.9 Å². The molecule has 0 aliphatic carbocycles. The van der Waals surface area contributed by atoms with Gasteiger partial charge in [0.1, 0.15) is 37.8 Å². The van der Waals surface area contributed by atoms with Crippen LogP contribution < -0.4 is 30.0 Å². The van der Waals surface area contributed by atoms with Crippen molar-refractivity contribution in [3.8, 4) is 23.5 Å². The van der Waals surface area contributed by atoms with Crippen LogP contribution in [0.15, 0.2) is 205 Å². The Morgan fingerprint density at radius 2 is 0.919 bits per heavy atom. The molecule has 20 heteroatoms. The Labute approximate surface area is 506 Å². The van der Waals surface area contributed by atoms with E-state index in [9.17, 15) is 24.0 Å². The van der Waals surface area contributed by atoms with Crippen molar-refractivity contribution in [1.29, 1.82) is 0 Å². The molecule has 0 saturated carbocycles. The SMILES string of the molecule is Brc1ccc(OCc2ccccc2)nc1OCc1ccccc1.COC(=O)c1cccnc1CC1CCC(=O)NC1=O.COC(=O)c1cccnc1Cc1ccc(OCc2ccccc2)nc1OCc1ccccc1.COC(=O)c1cccnc1N. The minimum absolute atomic E-state index is 0.194. The fourth-order valence-corrected chi connectivity index (χ4v) is 8.45. The van der Waals surface area contributed by atoms with Crippen molar-refractivity contribution < 1.29 is 57.1 Å². The number of carbonyl (C=O) groups excluding carboxylic acids is 5. The van der Waals surface area contributed by atoms with Gasteiger partial charge in [-0.2, -0.15) is 9.97 Å². The molecule has 19 nitrogen and oxygen atoms in total. The highest BCUT2D eigenvalue weighted by Crippen LogP contribution is 2.28. The van der Waals surface area contributed by atoms with Gasteiger partial charge in [0.2, 0.25) is 35.3 Å². The van der Waals surface area contributed by atoms with E-state index >= 15 is 0 Å². The number of nitrogens with zero attached hydrogens (tertiary/aromatic N) is 5. The molecule has 1 aliphatic rings. The fraction of sp³-hybridized carbons (Fsp3) is 0.182. The smallest absolute Gasteiger partial charge is 0.341 e. The number of benzene rings is 4. The molecule has 6 heterocycles. The Hall–Kier alpha value is -10.3. The number of amides is 2. The molecule has 4 aromatic carbocycles. The summed E-state index contributed by atoms with van der Waals surface area (Å²) in [6.07, 6.45) is 6.21. The average molecular weight is 1230 g/mol. The monoisotopic (exact) mass is 1220 g/mol. The van der Waals surface area contributed by atoms with E-state index < -0.39 is 17.9 Å². The number of hydrogen-bond acceptors (Lipinski definition) is 18. The summed E-state index contributed by atoms with van der Waals surface area (Å²) in [7, 11) is 3.95. The van der Waals surface area contributed by atoms with Crippen LogP contribution in [-0.4, -0.2) is 76.0 Å². The van der Waals surface area contributed by atoms with Crippen LogP contribution in [0.4, 0.5) is 5.82 Å². The minimum Gasteiger partial charge on any atom is -0.473 e. The zero-order chi connectivity index (χ0) is 60.9. The van der Waals surface area contributed by atoms with E-state index in [-0.39, 0.29) is 23.6 Å². The van der Waals surface area contributed by atoms with Gasteiger partial charge in [-0.15, -0.1) is 0 Å². The maximum atomic E-state index is 12.2. The van der Waals surface area contributed by atoms with Crippen LogP contribution in [0.2, 0.25) is 0 Å². The first-order chi connectivity index (χ1) is 41.9. The predicted octanol–water partition coefficient (Wildman–Crippen LogP) is 10.9. The number of carbonyl (C=O) groups is 5. The van der Waals surface area contributed by atoms with Crippen LogP contribution in [0, 0.1) is 5.92 Å². The topological polar surface area (TPSA) is 252 Å². The zero-order valence-electron chi connectivity index (χ0n) is 47.4. The van der Waals surface area contributed by atoms with Gasteiger partial charge in [0.25, 0.3) is 0 Å². The van der Waals surface area contributed by atoms with Crippen molar-refractivity contribution in [2.75, 3.05) is 27.1 Å². The van der Waals surface area contributed by atoms with Crippen molar-refractivity contribution in [3.05, 3.63) is 261 Å². The van der Waals surface area contributed by atoms with Crippen LogP contribution in [0.1, 0.15) is 83.1 Å². The van der Waals surface area contributed by atoms with E-state index in [2.05, 4.69) is 55.6 Å². The molecule has 10 rings (SSSR count). The van der Waals surface area contributed by atoms with Gasteiger partial charge >= 0.3 is 17.9 Å². The standard InChI is InChI=1S/C27H24N2O4.C19H16BrNO2.C13H14N2O4.C7H8N2O2/c1-31-27(30)23-13-8-16-28-24(23)17-22-14-15-25(32-18-20-9-4-2-5-10-20)29-26(22)33-19-21-11-6-3-7-12-21;20-17-11-12-18(22-13-15-7-3-1-4-8-15)21-19(17)23-14-16-9-5-2-6-10-16;1-19-13(18)9-3-2-6-14-10(9)7-8-4-5-11(16)15-12(8)17;1-11-7(10)5-3-2-4-9-6(5)8/h2-16H,17-19H2,1H3;1-12H,13-14H2;2-3,6,8H,4-5,7H2,1H3,(H,15,16,17);2-4H,1H3,(H2,8,9). The van der Waals surface area contributed by atoms with Crippen molar-refractivity contribution in [2.24, 2.45) is 5.92 Å². The van der Waals surface area contributed by atoms with E-state index in [0.717, 1.165) is 32.3 Å². The third kappa shape index (κ3) is 19.9. The van der Waals surface area contributed by atoms with E-state index in [4.69, 9.17) is 29.4 Å². The van der Waals surface area contributed by atoms with Crippen LogP contribution in [0.25, 0.3) is 0 Å². The van der Waals surface area contributed by atoms with Gasteiger partial charge in [0.05, 0.1) is 48.3 Å². The van der Waals surface area contributed by atoms with E-state index in [1.807, 2.05) is 140 Å². The quantitative estimate of drug-likeness (QED) is 0.0433. The second-order valence-electron chi connectivity index (χ2n) is 18.6. The lowest BCUT2D eigenvalue weighted by molar-refractivity contribution is -0.136. The van der Waals surface area contributed by atoms with E-state index in [1.54, 1.807) is 54.9 Å². The Kier molecular flexibility index (Phi) is 24.8. The summed E-state index contributed by atoms with van der Waals surface area (Å²) in [4.78, 5) is 78.7. The second-order valence-corrected chi connectivity index (χ2v) is 19.4. The molecular weight excluding hydrogens is 1160 g/mol. The zero-order valence-corrected chi connectivity index (χ0v) is 49.0. The number of aromatic nitrogens is 5. The molecule has 1 fully saturated rings. The molecule has 0 radical (unpaired) electrons. The summed E-state index contributed by atoms with van der Waals surface area (Å²) in [5, 5.41) is 2.29.